The van der Waals surface area contributed by atoms with Gasteiger partial charge in [-0.1, -0.05) is 52.3 Å². The standard InChI is InChI=1S/C22H34OS2Si/c1-6-8-15-24-22(25-16-9-7-2)13-14-23-21-11-10-19(18-20(21)22)12-17-26(3,4)5/h10-11,18H,6-9,13-16H2,1-5H3. The van der Waals surface area contributed by atoms with Crippen molar-refractivity contribution in [2.24, 2.45) is 0 Å². The molecule has 0 aliphatic carbocycles. The number of fused-ring (bicyclic) bond motifs is 1. The van der Waals surface area contributed by atoms with Crippen LogP contribution in [0.3, 0.4) is 0 Å². The van der Waals surface area contributed by atoms with Gasteiger partial charge in [-0.05, 0) is 42.5 Å². The van der Waals surface area contributed by atoms with E-state index in [-0.39, 0.29) is 4.08 Å². The van der Waals surface area contributed by atoms with Gasteiger partial charge in [0.05, 0.1) is 10.7 Å². The smallest absolute Gasteiger partial charge is 0.129 e. The van der Waals surface area contributed by atoms with Gasteiger partial charge in [-0.15, -0.1) is 29.1 Å². The van der Waals surface area contributed by atoms with Crippen LogP contribution in [0.15, 0.2) is 18.2 Å². The zero-order valence-electron chi connectivity index (χ0n) is 17.1. The van der Waals surface area contributed by atoms with Gasteiger partial charge in [-0.3, -0.25) is 0 Å². The summed E-state index contributed by atoms with van der Waals surface area (Å²) in [6.45, 7) is 12.3. The summed E-state index contributed by atoms with van der Waals surface area (Å²) in [5.74, 6) is 6.96. The van der Waals surface area contributed by atoms with E-state index in [0.717, 1.165) is 24.3 Å². The van der Waals surface area contributed by atoms with Crippen LogP contribution in [-0.2, 0) is 4.08 Å². The SMILES string of the molecule is CCCCSC1(SCCCC)CCOc2ccc(C#C[Si](C)(C)C)cc21. The average molecular weight is 407 g/mol. The minimum absolute atomic E-state index is 0.134. The molecule has 1 aromatic rings. The molecule has 26 heavy (non-hydrogen) atoms. The molecule has 144 valence electrons. The Morgan fingerprint density at radius 1 is 1.08 bits per heavy atom. The summed E-state index contributed by atoms with van der Waals surface area (Å²) in [7, 11) is -1.37. The van der Waals surface area contributed by atoms with Crippen LogP contribution >= 0.6 is 23.5 Å². The third kappa shape index (κ3) is 6.29. The first-order chi connectivity index (χ1) is 12.4. The van der Waals surface area contributed by atoms with Gasteiger partial charge in [0.2, 0.25) is 0 Å². The van der Waals surface area contributed by atoms with Crippen molar-refractivity contribution >= 4 is 31.6 Å². The maximum absolute atomic E-state index is 6.03. The summed E-state index contributed by atoms with van der Waals surface area (Å²) in [4.78, 5) is 0. The molecule has 0 amide bonds. The largest absolute Gasteiger partial charge is 0.493 e. The minimum atomic E-state index is -1.37. The molecule has 0 atom stereocenters. The maximum atomic E-state index is 6.03. The Balaban J connectivity index is 2.35. The fourth-order valence-corrected chi connectivity index (χ4v) is 6.79. The molecule has 1 nitrogen and oxygen atoms in total. The van der Waals surface area contributed by atoms with Gasteiger partial charge < -0.3 is 4.74 Å². The summed E-state index contributed by atoms with van der Waals surface area (Å²) in [6.07, 6.45) is 6.17. The summed E-state index contributed by atoms with van der Waals surface area (Å²) in [5.41, 5.74) is 6.03. The monoisotopic (exact) mass is 406 g/mol. The molecule has 0 aromatic heterocycles. The number of hydrogen-bond donors (Lipinski definition) is 0. The molecule has 1 aromatic carbocycles. The van der Waals surface area contributed by atoms with E-state index in [1.807, 2.05) is 0 Å². The van der Waals surface area contributed by atoms with Crippen molar-refractivity contribution in [1.29, 1.82) is 0 Å². The highest BCUT2D eigenvalue weighted by Gasteiger charge is 2.38. The number of ether oxygens (including phenoxy) is 1. The molecule has 1 aliphatic rings. The van der Waals surface area contributed by atoms with Crippen LogP contribution in [0.2, 0.25) is 19.6 Å². The Hall–Kier alpha value is -0.503. The lowest BCUT2D eigenvalue weighted by Gasteiger charge is -2.38. The lowest BCUT2D eigenvalue weighted by Crippen LogP contribution is -2.28. The fourth-order valence-electron chi connectivity index (χ4n) is 2.83. The second-order valence-electron chi connectivity index (χ2n) is 7.97. The second kappa shape index (κ2) is 10.2. The number of hydrogen-bond acceptors (Lipinski definition) is 3. The Labute approximate surface area is 170 Å². The van der Waals surface area contributed by atoms with E-state index < -0.39 is 8.07 Å². The van der Waals surface area contributed by atoms with E-state index >= 15 is 0 Å². The summed E-state index contributed by atoms with van der Waals surface area (Å²) in [6, 6.07) is 6.60. The fraction of sp³-hybridized carbons (Fsp3) is 0.636. The maximum Gasteiger partial charge on any atom is 0.129 e. The third-order valence-electron chi connectivity index (χ3n) is 4.33. The van der Waals surface area contributed by atoms with Gasteiger partial charge >= 0.3 is 0 Å². The molecule has 1 aliphatic heterocycles. The number of benzene rings is 1. The Morgan fingerprint density at radius 3 is 2.31 bits per heavy atom. The van der Waals surface area contributed by atoms with Crippen molar-refractivity contribution in [3.8, 4) is 17.2 Å². The van der Waals surface area contributed by atoms with Gasteiger partial charge in [0.25, 0.3) is 0 Å². The first kappa shape index (κ1) is 21.8. The quantitative estimate of drug-likeness (QED) is 0.201. The van der Waals surface area contributed by atoms with Gasteiger partial charge in [-0.25, -0.2) is 0 Å². The zero-order chi connectivity index (χ0) is 19.0. The molecule has 0 saturated heterocycles. The van der Waals surface area contributed by atoms with Crippen molar-refractivity contribution in [2.45, 2.75) is 69.7 Å². The number of rotatable bonds is 8. The summed E-state index contributed by atoms with van der Waals surface area (Å²) in [5, 5.41) is 0. The van der Waals surface area contributed by atoms with Crippen LogP contribution in [0.5, 0.6) is 5.75 Å². The van der Waals surface area contributed by atoms with Crippen LogP contribution in [0.25, 0.3) is 0 Å². The Kier molecular flexibility index (Phi) is 8.51. The van der Waals surface area contributed by atoms with Gasteiger partial charge in [0, 0.05) is 17.5 Å². The molecule has 4 heteroatoms. The molecule has 0 radical (unpaired) electrons. The van der Waals surface area contributed by atoms with Gasteiger partial charge in [-0.2, -0.15) is 0 Å². The summed E-state index contributed by atoms with van der Waals surface area (Å²) < 4.78 is 6.16. The highest BCUT2D eigenvalue weighted by Crippen LogP contribution is 2.55. The Morgan fingerprint density at radius 2 is 1.73 bits per heavy atom. The zero-order valence-corrected chi connectivity index (χ0v) is 19.7. The van der Waals surface area contributed by atoms with E-state index in [9.17, 15) is 0 Å². The lowest BCUT2D eigenvalue weighted by molar-refractivity contribution is 0.280. The summed E-state index contributed by atoms with van der Waals surface area (Å²) >= 11 is 4.28. The van der Waals surface area contributed by atoms with Gasteiger partial charge in [0.1, 0.15) is 13.8 Å². The topological polar surface area (TPSA) is 9.23 Å². The van der Waals surface area contributed by atoms with E-state index in [1.54, 1.807) is 0 Å². The molecule has 0 unspecified atom stereocenters. The Bertz CT molecular complexity index is 630. The molecule has 1 heterocycles. The molecule has 2 rings (SSSR count). The predicted octanol–water partition coefficient (Wildman–Crippen LogP) is 6.92. The second-order valence-corrected chi connectivity index (χ2v) is 15.8. The van der Waals surface area contributed by atoms with Crippen molar-refractivity contribution < 1.29 is 4.74 Å². The third-order valence-corrected chi connectivity index (χ3v) is 8.68. The molecular weight excluding hydrogens is 372 g/mol. The van der Waals surface area contributed by atoms with E-state index in [4.69, 9.17) is 4.74 Å². The molecule has 0 spiro atoms. The normalized spacial score (nSPS) is 15.6. The van der Waals surface area contributed by atoms with Crippen molar-refractivity contribution in [2.75, 3.05) is 18.1 Å². The number of thioether (sulfide) groups is 2. The van der Waals surface area contributed by atoms with E-state index in [0.29, 0.717) is 0 Å². The van der Waals surface area contributed by atoms with Crippen molar-refractivity contribution in [1.82, 2.24) is 0 Å². The lowest BCUT2D eigenvalue weighted by atomic mass is 10.0. The van der Waals surface area contributed by atoms with Crippen LogP contribution in [0, 0.1) is 11.5 Å². The van der Waals surface area contributed by atoms with E-state index in [2.05, 4.69) is 86.7 Å². The molecular formula is C22H34OS2Si. The first-order valence-electron chi connectivity index (χ1n) is 9.98. The highest BCUT2D eigenvalue weighted by atomic mass is 32.2. The van der Waals surface area contributed by atoms with Gasteiger partial charge in [0.15, 0.2) is 0 Å². The van der Waals surface area contributed by atoms with Crippen molar-refractivity contribution in [3.63, 3.8) is 0 Å². The minimum Gasteiger partial charge on any atom is -0.493 e. The molecule has 0 fully saturated rings. The molecule has 0 saturated carbocycles. The van der Waals surface area contributed by atoms with Crippen LogP contribution < -0.4 is 4.74 Å². The predicted molar refractivity (Wildman–Crippen MR) is 123 cm³/mol. The highest BCUT2D eigenvalue weighted by molar-refractivity contribution is 8.17. The molecule has 0 N–H and O–H groups in total. The first-order valence-corrected chi connectivity index (χ1v) is 15.5. The van der Waals surface area contributed by atoms with Crippen molar-refractivity contribution in [3.05, 3.63) is 29.3 Å². The average Bonchev–Trinajstić information content (AvgIpc) is 2.60. The van der Waals surface area contributed by atoms with Crippen LogP contribution in [0.4, 0.5) is 0 Å². The molecule has 0 bridgehead atoms. The van der Waals surface area contributed by atoms with E-state index in [1.165, 1.54) is 42.8 Å². The van der Waals surface area contributed by atoms with Crippen LogP contribution in [-0.4, -0.2) is 26.2 Å². The van der Waals surface area contributed by atoms with Crippen LogP contribution in [0.1, 0.15) is 57.1 Å². The number of unbranched alkanes of at least 4 members (excludes halogenated alkanes) is 2.